The summed E-state index contributed by atoms with van der Waals surface area (Å²) in [5.74, 6) is 0. The Morgan fingerprint density at radius 3 is 2.50 bits per heavy atom. The summed E-state index contributed by atoms with van der Waals surface area (Å²) >= 11 is 0. The van der Waals surface area contributed by atoms with Gasteiger partial charge in [0, 0.05) is 0 Å². The molecule has 1 N–H and O–H groups in total. The smallest absolute Gasteiger partial charge is 0.115 e. The third-order valence-corrected chi connectivity index (χ3v) is 2.34. The van der Waals surface area contributed by atoms with Crippen LogP contribution in [0.1, 0.15) is 30.9 Å². The highest BCUT2D eigenvalue weighted by Crippen LogP contribution is 2.14. The summed E-state index contributed by atoms with van der Waals surface area (Å²) in [5.41, 5.74) is 1.62. The van der Waals surface area contributed by atoms with E-state index in [4.69, 9.17) is 0 Å². The number of alkyl halides is 1. The van der Waals surface area contributed by atoms with Gasteiger partial charge in [0.1, 0.15) is 6.67 Å². The lowest BCUT2D eigenvalue weighted by Crippen LogP contribution is -2.10. The summed E-state index contributed by atoms with van der Waals surface area (Å²) in [4.78, 5) is 0. The van der Waals surface area contributed by atoms with Gasteiger partial charge in [0.05, 0.1) is 6.10 Å². The predicted octanol–water partition coefficient (Wildman–Crippen LogP) is 2.86. The van der Waals surface area contributed by atoms with Crippen molar-refractivity contribution in [1.29, 1.82) is 0 Å². The van der Waals surface area contributed by atoms with Gasteiger partial charge < -0.3 is 5.11 Å². The summed E-state index contributed by atoms with van der Waals surface area (Å²) in [6.07, 6.45) is 1.96. The number of rotatable bonds is 5. The minimum Gasteiger partial charge on any atom is -0.393 e. The van der Waals surface area contributed by atoms with Gasteiger partial charge in [0.25, 0.3) is 0 Å². The van der Waals surface area contributed by atoms with Crippen LogP contribution in [0.4, 0.5) is 4.39 Å². The molecule has 0 aromatic heterocycles. The second-order valence-corrected chi connectivity index (χ2v) is 3.55. The Morgan fingerprint density at radius 2 is 1.93 bits per heavy atom. The maximum Gasteiger partial charge on any atom is 0.115 e. The van der Waals surface area contributed by atoms with Gasteiger partial charge in [-0.05, 0) is 24.0 Å². The molecule has 1 rings (SSSR count). The van der Waals surface area contributed by atoms with Crippen LogP contribution in [0.3, 0.4) is 0 Å². The summed E-state index contributed by atoms with van der Waals surface area (Å²) < 4.78 is 12.5. The molecule has 0 aliphatic carbocycles. The fourth-order valence-corrected chi connectivity index (χ4v) is 1.58. The maximum atomic E-state index is 12.5. The molecule has 0 saturated heterocycles. The SMILES string of the molecule is CCC[C@H](O)Cc1ccccc1CF. The lowest BCUT2D eigenvalue weighted by molar-refractivity contribution is 0.163. The van der Waals surface area contributed by atoms with Crippen molar-refractivity contribution in [3.63, 3.8) is 0 Å². The molecule has 1 nitrogen and oxygen atoms in total. The van der Waals surface area contributed by atoms with E-state index in [2.05, 4.69) is 0 Å². The van der Waals surface area contributed by atoms with Crippen LogP contribution in [0.15, 0.2) is 24.3 Å². The largest absolute Gasteiger partial charge is 0.393 e. The predicted molar refractivity (Wildman–Crippen MR) is 55.9 cm³/mol. The molecular formula is C12H17FO. The molecule has 14 heavy (non-hydrogen) atoms. The highest BCUT2D eigenvalue weighted by atomic mass is 19.1. The molecule has 0 heterocycles. The number of aliphatic hydroxyl groups excluding tert-OH is 1. The summed E-state index contributed by atoms with van der Waals surface area (Å²) in [5, 5.41) is 9.60. The average molecular weight is 196 g/mol. The quantitative estimate of drug-likeness (QED) is 0.767. The van der Waals surface area contributed by atoms with Gasteiger partial charge in [-0.15, -0.1) is 0 Å². The van der Waals surface area contributed by atoms with E-state index in [1.807, 2.05) is 25.1 Å². The Balaban J connectivity index is 2.65. The molecule has 0 aliphatic rings. The standard InChI is InChI=1S/C12H17FO/c1-2-5-12(14)8-10-6-3-4-7-11(10)9-13/h3-4,6-7,12,14H,2,5,8-9H2,1H3/t12-/m0/s1. The highest BCUT2D eigenvalue weighted by molar-refractivity contribution is 5.26. The zero-order chi connectivity index (χ0) is 10.4. The van der Waals surface area contributed by atoms with Crippen LogP contribution >= 0.6 is 0 Å². The van der Waals surface area contributed by atoms with Crippen LogP contribution in [0.25, 0.3) is 0 Å². The van der Waals surface area contributed by atoms with E-state index < -0.39 is 6.67 Å². The number of halogens is 1. The van der Waals surface area contributed by atoms with Gasteiger partial charge in [-0.2, -0.15) is 0 Å². The van der Waals surface area contributed by atoms with Crippen molar-refractivity contribution in [2.45, 2.75) is 39.0 Å². The molecule has 0 spiro atoms. The third kappa shape index (κ3) is 3.11. The van der Waals surface area contributed by atoms with Crippen LogP contribution in [0.5, 0.6) is 0 Å². The van der Waals surface area contributed by atoms with Gasteiger partial charge in [-0.25, -0.2) is 4.39 Å². The molecule has 0 saturated carbocycles. The topological polar surface area (TPSA) is 20.2 Å². The second-order valence-electron chi connectivity index (χ2n) is 3.55. The van der Waals surface area contributed by atoms with E-state index in [0.717, 1.165) is 18.4 Å². The van der Waals surface area contributed by atoms with Crippen molar-refractivity contribution in [3.05, 3.63) is 35.4 Å². The first-order chi connectivity index (χ1) is 6.77. The zero-order valence-corrected chi connectivity index (χ0v) is 8.54. The fourth-order valence-electron chi connectivity index (χ4n) is 1.58. The van der Waals surface area contributed by atoms with Crippen LogP contribution in [-0.4, -0.2) is 11.2 Å². The lowest BCUT2D eigenvalue weighted by Gasteiger charge is -2.11. The molecule has 0 aliphatic heterocycles. The molecule has 0 bridgehead atoms. The van der Waals surface area contributed by atoms with Gasteiger partial charge in [-0.3, -0.25) is 0 Å². The Kier molecular flexibility index (Phi) is 4.60. The van der Waals surface area contributed by atoms with Crippen molar-refractivity contribution in [1.82, 2.24) is 0 Å². The van der Waals surface area contributed by atoms with Gasteiger partial charge in [0.15, 0.2) is 0 Å². The van der Waals surface area contributed by atoms with Crippen molar-refractivity contribution < 1.29 is 9.50 Å². The molecule has 0 amide bonds. The molecule has 2 heteroatoms. The first kappa shape index (κ1) is 11.2. The highest BCUT2D eigenvalue weighted by Gasteiger charge is 2.07. The van der Waals surface area contributed by atoms with Gasteiger partial charge in [0.2, 0.25) is 0 Å². The molecule has 0 radical (unpaired) electrons. The van der Waals surface area contributed by atoms with E-state index in [1.165, 1.54) is 0 Å². The third-order valence-electron chi connectivity index (χ3n) is 2.34. The van der Waals surface area contributed by atoms with E-state index in [9.17, 15) is 9.50 Å². The lowest BCUT2D eigenvalue weighted by atomic mass is 10.0. The van der Waals surface area contributed by atoms with Crippen molar-refractivity contribution >= 4 is 0 Å². The van der Waals surface area contributed by atoms with Gasteiger partial charge in [-0.1, -0.05) is 37.6 Å². The average Bonchev–Trinajstić information content (AvgIpc) is 2.19. The van der Waals surface area contributed by atoms with E-state index >= 15 is 0 Å². The van der Waals surface area contributed by atoms with E-state index in [-0.39, 0.29) is 6.10 Å². The number of hydrogen-bond donors (Lipinski definition) is 1. The van der Waals surface area contributed by atoms with Crippen molar-refractivity contribution in [2.75, 3.05) is 0 Å². The normalized spacial score (nSPS) is 12.8. The van der Waals surface area contributed by atoms with Crippen LogP contribution in [-0.2, 0) is 13.1 Å². The first-order valence-corrected chi connectivity index (χ1v) is 5.08. The number of benzene rings is 1. The summed E-state index contributed by atoms with van der Waals surface area (Å²) in [6.45, 7) is 1.58. The molecule has 0 fully saturated rings. The molecule has 1 atom stereocenters. The Hall–Kier alpha value is -0.890. The zero-order valence-electron chi connectivity index (χ0n) is 8.54. The van der Waals surface area contributed by atoms with Crippen LogP contribution in [0.2, 0.25) is 0 Å². The minimum atomic E-state index is -0.449. The molecular weight excluding hydrogens is 179 g/mol. The van der Waals surface area contributed by atoms with E-state index in [0.29, 0.717) is 12.0 Å². The van der Waals surface area contributed by atoms with Crippen LogP contribution in [0, 0.1) is 0 Å². The second kappa shape index (κ2) is 5.76. The molecule has 0 unspecified atom stereocenters. The molecule has 1 aromatic carbocycles. The number of hydrogen-bond acceptors (Lipinski definition) is 1. The maximum absolute atomic E-state index is 12.5. The summed E-state index contributed by atoms with van der Waals surface area (Å²) in [7, 11) is 0. The molecule has 78 valence electrons. The number of aliphatic hydroxyl groups is 1. The Bertz CT molecular complexity index is 273. The minimum absolute atomic E-state index is 0.340. The monoisotopic (exact) mass is 196 g/mol. The fraction of sp³-hybridized carbons (Fsp3) is 0.500. The summed E-state index contributed by atoms with van der Waals surface area (Å²) in [6, 6.07) is 7.36. The molecule has 1 aromatic rings. The van der Waals surface area contributed by atoms with E-state index in [1.54, 1.807) is 6.07 Å². The van der Waals surface area contributed by atoms with Crippen molar-refractivity contribution in [2.24, 2.45) is 0 Å². The van der Waals surface area contributed by atoms with Gasteiger partial charge >= 0.3 is 0 Å². The Morgan fingerprint density at radius 1 is 1.29 bits per heavy atom. The van der Waals surface area contributed by atoms with Crippen LogP contribution < -0.4 is 0 Å². The Labute approximate surface area is 84.6 Å². The first-order valence-electron chi connectivity index (χ1n) is 5.08. The van der Waals surface area contributed by atoms with Crippen molar-refractivity contribution in [3.8, 4) is 0 Å².